The molecular formula is C19H23N3O. The number of hydrogen-bond acceptors (Lipinski definition) is 3. The van der Waals surface area contributed by atoms with E-state index in [1.807, 2.05) is 36.4 Å². The van der Waals surface area contributed by atoms with Crippen LogP contribution in [-0.4, -0.2) is 16.9 Å². The molecule has 1 fully saturated rings. The van der Waals surface area contributed by atoms with Crippen molar-refractivity contribution in [3.8, 4) is 11.1 Å². The number of anilines is 1. The van der Waals surface area contributed by atoms with E-state index in [1.54, 1.807) is 12.4 Å². The van der Waals surface area contributed by atoms with Gasteiger partial charge >= 0.3 is 0 Å². The third kappa shape index (κ3) is 3.96. The lowest BCUT2D eigenvalue weighted by atomic mass is 9.84. The topological polar surface area (TPSA) is 68.0 Å². The van der Waals surface area contributed by atoms with E-state index in [-0.39, 0.29) is 5.91 Å². The second-order valence-corrected chi connectivity index (χ2v) is 6.23. The van der Waals surface area contributed by atoms with Gasteiger partial charge in [0.15, 0.2) is 0 Å². The van der Waals surface area contributed by atoms with Crippen molar-refractivity contribution in [3.05, 3.63) is 48.8 Å². The summed E-state index contributed by atoms with van der Waals surface area (Å²) in [7, 11) is 0. The van der Waals surface area contributed by atoms with E-state index >= 15 is 0 Å². The van der Waals surface area contributed by atoms with Gasteiger partial charge in [-0.25, -0.2) is 0 Å². The van der Waals surface area contributed by atoms with Gasteiger partial charge in [0, 0.05) is 18.1 Å². The molecule has 0 aliphatic heterocycles. The number of nitrogens with one attached hydrogen (secondary N) is 1. The molecule has 1 amide bonds. The van der Waals surface area contributed by atoms with E-state index in [4.69, 9.17) is 5.73 Å². The van der Waals surface area contributed by atoms with Crippen LogP contribution in [0.5, 0.6) is 0 Å². The first-order valence-corrected chi connectivity index (χ1v) is 8.31. The van der Waals surface area contributed by atoms with Crippen LogP contribution >= 0.6 is 0 Å². The number of aromatic nitrogens is 1. The zero-order valence-corrected chi connectivity index (χ0v) is 13.2. The molecule has 3 rings (SSSR count). The van der Waals surface area contributed by atoms with Gasteiger partial charge in [-0.1, -0.05) is 31.4 Å². The van der Waals surface area contributed by atoms with E-state index < -0.39 is 6.04 Å². The van der Waals surface area contributed by atoms with Crippen LogP contribution in [-0.2, 0) is 4.79 Å². The molecule has 23 heavy (non-hydrogen) atoms. The lowest BCUT2D eigenvalue weighted by Crippen LogP contribution is -2.42. The summed E-state index contributed by atoms with van der Waals surface area (Å²) in [6.07, 6.45) is 9.31. The number of amides is 1. The Morgan fingerprint density at radius 1 is 1.00 bits per heavy atom. The van der Waals surface area contributed by atoms with Crippen molar-refractivity contribution >= 4 is 11.6 Å². The predicted molar refractivity (Wildman–Crippen MR) is 92.9 cm³/mol. The maximum Gasteiger partial charge on any atom is 0.241 e. The summed E-state index contributed by atoms with van der Waals surface area (Å²) in [6, 6.07) is 11.4. The van der Waals surface area contributed by atoms with Crippen molar-refractivity contribution in [2.75, 3.05) is 5.32 Å². The quantitative estimate of drug-likeness (QED) is 0.907. The Bertz CT molecular complexity index is 633. The summed E-state index contributed by atoms with van der Waals surface area (Å²) < 4.78 is 0. The van der Waals surface area contributed by atoms with Gasteiger partial charge in [0.25, 0.3) is 0 Å². The molecule has 0 saturated heterocycles. The standard InChI is InChI=1S/C19H23N3O/c20-18(16-4-2-1-3-5-16)19(23)22-17-8-6-14(7-9-17)15-10-12-21-13-11-15/h6-13,16,18H,1-5,20H2,(H,22,23)/t18-/m1/s1. The minimum atomic E-state index is -0.407. The molecule has 120 valence electrons. The van der Waals surface area contributed by atoms with Crippen molar-refractivity contribution in [1.82, 2.24) is 4.98 Å². The summed E-state index contributed by atoms with van der Waals surface area (Å²) in [5.74, 6) is 0.244. The Morgan fingerprint density at radius 2 is 1.61 bits per heavy atom. The van der Waals surface area contributed by atoms with Crippen LogP contribution in [0.1, 0.15) is 32.1 Å². The van der Waals surface area contributed by atoms with Gasteiger partial charge in [-0.3, -0.25) is 9.78 Å². The van der Waals surface area contributed by atoms with Crippen LogP contribution < -0.4 is 11.1 Å². The van der Waals surface area contributed by atoms with Gasteiger partial charge in [-0.2, -0.15) is 0 Å². The molecule has 1 aliphatic carbocycles. The van der Waals surface area contributed by atoms with Gasteiger partial charge in [0.1, 0.15) is 0 Å². The number of carbonyl (C=O) groups excluding carboxylic acids is 1. The molecule has 1 atom stereocenters. The first-order chi connectivity index (χ1) is 11.2. The smallest absolute Gasteiger partial charge is 0.241 e. The maximum absolute atomic E-state index is 12.3. The fourth-order valence-electron chi connectivity index (χ4n) is 3.22. The third-order valence-electron chi connectivity index (χ3n) is 4.63. The predicted octanol–water partition coefficient (Wildman–Crippen LogP) is 3.59. The average Bonchev–Trinajstić information content (AvgIpc) is 2.63. The molecule has 1 saturated carbocycles. The van der Waals surface area contributed by atoms with Crippen LogP contribution in [0.4, 0.5) is 5.69 Å². The Kier molecular flexibility index (Phi) is 5.03. The highest BCUT2D eigenvalue weighted by Crippen LogP contribution is 2.26. The average molecular weight is 309 g/mol. The van der Waals surface area contributed by atoms with Crippen molar-refractivity contribution in [2.45, 2.75) is 38.1 Å². The minimum Gasteiger partial charge on any atom is -0.325 e. The highest BCUT2D eigenvalue weighted by atomic mass is 16.2. The molecule has 4 nitrogen and oxygen atoms in total. The number of nitrogens with zero attached hydrogens (tertiary/aromatic N) is 1. The molecule has 1 aliphatic rings. The van der Waals surface area contributed by atoms with Crippen molar-refractivity contribution in [2.24, 2.45) is 11.7 Å². The second-order valence-electron chi connectivity index (χ2n) is 6.23. The summed E-state index contributed by atoms with van der Waals surface area (Å²) in [5, 5.41) is 2.94. The van der Waals surface area contributed by atoms with E-state index in [0.717, 1.165) is 29.7 Å². The Morgan fingerprint density at radius 3 is 2.26 bits per heavy atom. The molecule has 1 aromatic carbocycles. The van der Waals surface area contributed by atoms with Gasteiger partial charge in [0.05, 0.1) is 6.04 Å². The zero-order valence-electron chi connectivity index (χ0n) is 13.2. The molecule has 2 aromatic rings. The molecule has 0 unspecified atom stereocenters. The Labute approximate surface area is 137 Å². The number of hydrogen-bond donors (Lipinski definition) is 2. The highest BCUT2D eigenvalue weighted by molar-refractivity contribution is 5.95. The van der Waals surface area contributed by atoms with Crippen molar-refractivity contribution in [1.29, 1.82) is 0 Å². The first-order valence-electron chi connectivity index (χ1n) is 8.31. The van der Waals surface area contributed by atoms with E-state index in [1.165, 1.54) is 19.3 Å². The Balaban J connectivity index is 1.62. The van der Waals surface area contributed by atoms with E-state index in [0.29, 0.717) is 5.92 Å². The molecule has 0 spiro atoms. The summed E-state index contributed by atoms with van der Waals surface area (Å²) in [6.45, 7) is 0. The van der Waals surface area contributed by atoms with E-state index in [9.17, 15) is 4.79 Å². The van der Waals surface area contributed by atoms with Crippen LogP contribution in [0, 0.1) is 5.92 Å². The number of pyridine rings is 1. The SMILES string of the molecule is N[C@@H](C(=O)Nc1ccc(-c2ccncc2)cc1)C1CCCCC1. The molecule has 0 bridgehead atoms. The van der Waals surface area contributed by atoms with Crippen LogP contribution in [0.15, 0.2) is 48.8 Å². The maximum atomic E-state index is 12.3. The van der Waals surface area contributed by atoms with Crippen molar-refractivity contribution in [3.63, 3.8) is 0 Å². The van der Waals surface area contributed by atoms with Crippen LogP contribution in [0.2, 0.25) is 0 Å². The fourth-order valence-corrected chi connectivity index (χ4v) is 3.22. The molecular weight excluding hydrogens is 286 g/mol. The largest absolute Gasteiger partial charge is 0.325 e. The lowest BCUT2D eigenvalue weighted by molar-refractivity contribution is -0.118. The normalized spacial score (nSPS) is 16.7. The third-order valence-corrected chi connectivity index (χ3v) is 4.63. The second kappa shape index (κ2) is 7.38. The summed E-state index contributed by atoms with van der Waals surface area (Å²) in [5.41, 5.74) is 9.14. The molecule has 3 N–H and O–H groups in total. The molecule has 0 radical (unpaired) electrons. The first kappa shape index (κ1) is 15.7. The van der Waals surface area contributed by atoms with Crippen LogP contribution in [0.25, 0.3) is 11.1 Å². The van der Waals surface area contributed by atoms with Gasteiger partial charge in [-0.15, -0.1) is 0 Å². The van der Waals surface area contributed by atoms with Gasteiger partial charge < -0.3 is 11.1 Å². The number of carbonyl (C=O) groups is 1. The van der Waals surface area contributed by atoms with Crippen molar-refractivity contribution < 1.29 is 4.79 Å². The molecule has 4 heteroatoms. The fraction of sp³-hybridized carbons (Fsp3) is 0.368. The monoisotopic (exact) mass is 309 g/mol. The lowest BCUT2D eigenvalue weighted by Gasteiger charge is -2.26. The minimum absolute atomic E-state index is 0.0754. The van der Waals surface area contributed by atoms with E-state index in [2.05, 4.69) is 10.3 Å². The van der Waals surface area contributed by atoms with Gasteiger partial charge in [0.2, 0.25) is 5.91 Å². The summed E-state index contributed by atoms with van der Waals surface area (Å²) >= 11 is 0. The number of rotatable bonds is 4. The summed E-state index contributed by atoms with van der Waals surface area (Å²) in [4.78, 5) is 16.3. The zero-order chi connectivity index (χ0) is 16.1. The van der Waals surface area contributed by atoms with Crippen LogP contribution in [0.3, 0.4) is 0 Å². The number of nitrogens with two attached hydrogens (primary N) is 1. The highest BCUT2D eigenvalue weighted by Gasteiger charge is 2.26. The number of benzene rings is 1. The molecule has 1 aromatic heterocycles. The Hall–Kier alpha value is -2.20. The molecule has 1 heterocycles. The van der Waals surface area contributed by atoms with Gasteiger partial charge in [-0.05, 0) is 54.2 Å².